The Morgan fingerprint density at radius 3 is 2.89 bits per heavy atom. The molecule has 0 saturated heterocycles. The van der Waals surface area contributed by atoms with E-state index in [-0.39, 0.29) is 0 Å². The van der Waals surface area contributed by atoms with Crippen LogP contribution in [0.15, 0.2) is 30.4 Å². The Morgan fingerprint density at radius 1 is 1.26 bits per heavy atom. The van der Waals surface area contributed by atoms with Crippen molar-refractivity contribution in [3.8, 4) is 5.88 Å². The predicted molar refractivity (Wildman–Crippen MR) is 79.7 cm³/mol. The molecule has 0 N–H and O–H groups in total. The maximum Gasteiger partial charge on any atom is 0.214 e. The monoisotopic (exact) mass is 279 g/mol. The van der Waals surface area contributed by atoms with Gasteiger partial charge in [-0.1, -0.05) is 49.1 Å². The topological polar surface area (TPSA) is 22.1 Å². The summed E-state index contributed by atoms with van der Waals surface area (Å²) < 4.78 is 5.55. The Bertz CT molecular complexity index is 399. The highest BCUT2D eigenvalue weighted by Crippen LogP contribution is 2.24. The van der Waals surface area contributed by atoms with E-state index in [4.69, 9.17) is 16.3 Å². The van der Waals surface area contributed by atoms with Crippen molar-refractivity contribution in [3.63, 3.8) is 0 Å². The van der Waals surface area contributed by atoms with Crippen LogP contribution in [0.3, 0.4) is 0 Å². The molecule has 0 atom stereocenters. The minimum atomic E-state index is 0.481. The Labute approximate surface area is 120 Å². The largest absolute Gasteiger partial charge is 0.478 e. The van der Waals surface area contributed by atoms with Crippen LogP contribution >= 0.6 is 11.6 Å². The van der Waals surface area contributed by atoms with Crippen molar-refractivity contribution in [2.24, 2.45) is 5.92 Å². The molecule has 2 rings (SSSR count). The number of halogens is 1. The quantitative estimate of drug-likeness (QED) is 0.414. The van der Waals surface area contributed by atoms with Gasteiger partial charge < -0.3 is 4.74 Å². The molecule has 2 nitrogen and oxygen atoms in total. The Hall–Kier alpha value is -1.02. The van der Waals surface area contributed by atoms with Crippen LogP contribution in [0.2, 0.25) is 5.15 Å². The second-order valence-corrected chi connectivity index (χ2v) is 5.50. The maximum atomic E-state index is 5.79. The molecule has 1 aliphatic rings. The number of allylic oxidation sites excluding steroid dienone is 2. The summed E-state index contributed by atoms with van der Waals surface area (Å²) in [7, 11) is 0. The lowest BCUT2D eigenvalue weighted by molar-refractivity contribution is 0.300. The molecule has 0 unspecified atom stereocenters. The van der Waals surface area contributed by atoms with E-state index in [2.05, 4.69) is 17.1 Å². The molecule has 19 heavy (non-hydrogen) atoms. The molecule has 1 fully saturated rings. The summed E-state index contributed by atoms with van der Waals surface area (Å²) in [5.41, 5.74) is 0. The molecule has 3 heteroatoms. The van der Waals surface area contributed by atoms with Crippen molar-refractivity contribution in [1.82, 2.24) is 4.98 Å². The molecule has 1 aromatic heterocycles. The molecule has 0 amide bonds. The van der Waals surface area contributed by atoms with Gasteiger partial charge in [0.1, 0.15) is 5.15 Å². The zero-order valence-corrected chi connectivity index (χ0v) is 12.1. The van der Waals surface area contributed by atoms with Crippen LogP contribution in [-0.2, 0) is 0 Å². The van der Waals surface area contributed by atoms with Crippen LogP contribution in [0.1, 0.15) is 44.9 Å². The van der Waals surface area contributed by atoms with Gasteiger partial charge in [0.05, 0.1) is 6.61 Å². The Kier molecular flexibility index (Phi) is 6.22. The van der Waals surface area contributed by atoms with Crippen LogP contribution in [0.4, 0.5) is 0 Å². The fourth-order valence-corrected chi connectivity index (χ4v) is 2.62. The number of nitrogens with zero attached hydrogens (tertiary/aromatic N) is 1. The average molecular weight is 280 g/mol. The fourth-order valence-electron chi connectivity index (χ4n) is 2.46. The fraction of sp³-hybridized carbons (Fsp3) is 0.562. The molecule has 0 bridgehead atoms. The van der Waals surface area contributed by atoms with Gasteiger partial charge in [-0.15, -0.1) is 0 Å². The van der Waals surface area contributed by atoms with Crippen LogP contribution in [-0.4, -0.2) is 11.6 Å². The molecule has 1 heterocycles. The maximum absolute atomic E-state index is 5.79. The van der Waals surface area contributed by atoms with Gasteiger partial charge in [-0.25, -0.2) is 4.98 Å². The zero-order chi connectivity index (χ0) is 13.3. The van der Waals surface area contributed by atoms with Crippen molar-refractivity contribution in [3.05, 3.63) is 35.5 Å². The Balaban J connectivity index is 1.58. The highest BCUT2D eigenvalue weighted by Gasteiger charge is 2.09. The summed E-state index contributed by atoms with van der Waals surface area (Å²) in [6, 6.07) is 5.44. The van der Waals surface area contributed by atoms with E-state index < -0.39 is 0 Å². The third-order valence-electron chi connectivity index (χ3n) is 3.51. The molecule has 1 saturated carbocycles. The highest BCUT2D eigenvalue weighted by molar-refractivity contribution is 6.29. The van der Waals surface area contributed by atoms with Gasteiger partial charge in [0, 0.05) is 6.07 Å². The summed E-state index contributed by atoms with van der Waals surface area (Å²) in [6.45, 7) is 0.697. The van der Waals surface area contributed by atoms with Crippen LogP contribution in [0.5, 0.6) is 5.88 Å². The van der Waals surface area contributed by atoms with Gasteiger partial charge in [-0.3, -0.25) is 0 Å². The highest BCUT2D eigenvalue weighted by atomic mass is 35.5. The third kappa shape index (κ3) is 5.65. The van der Waals surface area contributed by atoms with Crippen LogP contribution < -0.4 is 4.74 Å². The van der Waals surface area contributed by atoms with E-state index in [9.17, 15) is 0 Å². The smallest absolute Gasteiger partial charge is 0.214 e. The first-order valence-corrected chi connectivity index (χ1v) is 7.64. The van der Waals surface area contributed by atoms with Gasteiger partial charge in [-0.2, -0.15) is 0 Å². The van der Waals surface area contributed by atoms with Crippen molar-refractivity contribution >= 4 is 11.6 Å². The zero-order valence-electron chi connectivity index (χ0n) is 11.4. The van der Waals surface area contributed by atoms with E-state index >= 15 is 0 Å². The minimum Gasteiger partial charge on any atom is -0.478 e. The molecule has 0 aliphatic heterocycles. The summed E-state index contributed by atoms with van der Waals surface area (Å²) in [5.74, 6) is 1.44. The van der Waals surface area contributed by atoms with Gasteiger partial charge >= 0.3 is 0 Å². The SMILES string of the molecule is Clc1cccc(OCCC/C=C/C2CCCCC2)n1. The average Bonchev–Trinajstić information content (AvgIpc) is 2.44. The van der Waals surface area contributed by atoms with Gasteiger partial charge in [0.15, 0.2) is 0 Å². The lowest BCUT2D eigenvalue weighted by atomic mass is 9.89. The molecule has 1 aliphatic carbocycles. The lowest BCUT2D eigenvalue weighted by Gasteiger charge is -2.17. The van der Waals surface area contributed by atoms with E-state index in [1.165, 1.54) is 32.1 Å². The van der Waals surface area contributed by atoms with E-state index in [0.717, 1.165) is 18.8 Å². The summed E-state index contributed by atoms with van der Waals surface area (Å²) in [4.78, 5) is 4.09. The number of aromatic nitrogens is 1. The Morgan fingerprint density at radius 2 is 2.11 bits per heavy atom. The second kappa shape index (κ2) is 8.21. The third-order valence-corrected chi connectivity index (χ3v) is 3.72. The number of rotatable bonds is 6. The second-order valence-electron chi connectivity index (χ2n) is 5.12. The molecule has 104 valence electrons. The van der Waals surface area contributed by atoms with E-state index in [1.54, 1.807) is 6.07 Å². The number of hydrogen-bond acceptors (Lipinski definition) is 2. The summed E-state index contributed by atoms with van der Waals surface area (Å²) in [5, 5.41) is 0.481. The first-order chi connectivity index (χ1) is 9.34. The molecule has 0 aromatic carbocycles. The first kappa shape index (κ1) is 14.4. The van der Waals surface area contributed by atoms with Crippen LogP contribution in [0, 0.1) is 5.92 Å². The van der Waals surface area contributed by atoms with Crippen molar-refractivity contribution in [2.75, 3.05) is 6.61 Å². The number of ether oxygens (including phenoxy) is 1. The van der Waals surface area contributed by atoms with Crippen LogP contribution in [0.25, 0.3) is 0 Å². The molecular weight excluding hydrogens is 258 g/mol. The van der Waals surface area contributed by atoms with Crippen molar-refractivity contribution in [1.29, 1.82) is 0 Å². The minimum absolute atomic E-state index is 0.481. The van der Waals surface area contributed by atoms with Gasteiger partial charge in [0.2, 0.25) is 5.88 Å². The van der Waals surface area contributed by atoms with Gasteiger partial charge in [-0.05, 0) is 37.7 Å². The standard InChI is InChI=1S/C16H22ClNO/c17-15-11-7-12-16(18-15)19-13-6-2-5-10-14-8-3-1-4-9-14/h5,7,10-12,14H,1-4,6,8-9,13H2/b10-5+. The molecule has 0 radical (unpaired) electrons. The van der Waals surface area contributed by atoms with Crippen molar-refractivity contribution < 1.29 is 4.74 Å². The summed E-state index contributed by atoms with van der Waals surface area (Å²) >= 11 is 5.79. The van der Waals surface area contributed by atoms with Crippen molar-refractivity contribution in [2.45, 2.75) is 44.9 Å². The van der Waals surface area contributed by atoms with E-state index in [0.29, 0.717) is 17.6 Å². The summed E-state index contributed by atoms with van der Waals surface area (Å²) in [6.07, 6.45) is 13.8. The predicted octanol–water partition coefficient (Wildman–Crippen LogP) is 5.03. The van der Waals surface area contributed by atoms with Gasteiger partial charge in [0.25, 0.3) is 0 Å². The molecular formula is C16H22ClNO. The lowest BCUT2D eigenvalue weighted by Crippen LogP contribution is -2.02. The first-order valence-electron chi connectivity index (χ1n) is 7.26. The normalized spacial score (nSPS) is 16.9. The number of unbranched alkanes of at least 4 members (excludes halogenated alkanes) is 1. The number of hydrogen-bond donors (Lipinski definition) is 0. The number of pyridine rings is 1. The van der Waals surface area contributed by atoms with E-state index in [1.807, 2.05) is 12.1 Å². The molecule has 0 spiro atoms. The molecule has 1 aromatic rings.